The zero-order chi connectivity index (χ0) is 33.0. The van der Waals surface area contributed by atoms with Gasteiger partial charge in [0.1, 0.15) is 18.0 Å². The molecule has 0 saturated carbocycles. The number of ether oxygens (including phenoxy) is 1. The first kappa shape index (κ1) is 35.4. The smallest absolute Gasteiger partial charge is 0.393 e. The largest absolute Gasteiger partial charge is 0.489 e. The molecule has 1 amide bonds. The lowest BCUT2D eigenvalue weighted by molar-refractivity contribution is -0.129. The van der Waals surface area contributed by atoms with E-state index in [4.69, 9.17) is 10.5 Å². The van der Waals surface area contributed by atoms with Crippen LogP contribution in [0.25, 0.3) is 11.1 Å². The Morgan fingerprint density at radius 2 is 1.87 bits per heavy atom. The van der Waals surface area contributed by atoms with Crippen LogP contribution in [0.15, 0.2) is 96.8 Å². The maximum atomic E-state index is 15.2. The Hall–Kier alpha value is -4.07. The third kappa shape index (κ3) is 10.2. The van der Waals surface area contributed by atoms with E-state index in [-0.39, 0.29) is 35.3 Å². The van der Waals surface area contributed by atoms with E-state index < -0.39 is 18.8 Å². The van der Waals surface area contributed by atoms with Gasteiger partial charge in [-0.1, -0.05) is 75.4 Å². The minimum absolute atomic E-state index is 0.0651. The van der Waals surface area contributed by atoms with Gasteiger partial charge in [0.05, 0.1) is 13.0 Å². The van der Waals surface area contributed by atoms with Crippen LogP contribution in [0.2, 0.25) is 0 Å². The number of nitrogens with two attached hydrogens (primary N) is 1. The van der Waals surface area contributed by atoms with Gasteiger partial charge in [0, 0.05) is 17.8 Å². The Kier molecular flexibility index (Phi) is 13.3. The molecule has 0 radical (unpaired) electrons. The molecule has 1 heterocycles. The number of nitrogens with zero attached hydrogens (tertiary/aromatic N) is 1. The number of amides is 1. The summed E-state index contributed by atoms with van der Waals surface area (Å²) in [7, 11) is 0. The standard InChI is InChI=1S/C37H44F4N2O2/c1-5-13-29(45-30-17-12-22-43(25-30)35(44)8-4)20-18-26(7-3)36(28-19-21-34(42)31(23-28)33(38)14-6-2)32(24-37(39,40)41)27-15-10-9-11-16-27/h7-11,13,15-16,18-21,23,30,33H,4-6,12,14,17,22,24-25,42H2,1-3H3/b20-18-,26-7+,29-13-,36-32+. The first-order valence-electron chi connectivity index (χ1n) is 15.5. The van der Waals surface area contributed by atoms with Gasteiger partial charge in [-0.25, -0.2) is 4.39 Å². The van der Waals surface area contributed by atoms with E-state index >= 15 is 4.39 Å². The summed E-state index contributed by atoms with van der Waals surface area (Å²) in [5, 5.41) is 0. The monoisotopic (exact) mass is 624 g/mol. The number of halogens is 4. The van der Waals surface area contributed by atoms with Gasteiger partial charge in [-0.15, -0.1) is 0 Å². The number of hydrogen-bond acceptors (Lipinski definition) is 3. The van der Waals surface area contributed by atoms with Crippen molar-refractivity contribution in [2.45, 2.75) is 77.7 Å². The SMILES string of the molecule is C=CC(=O)N1CCCC(OC(/C=C\C(=C/C)C(=C(\CC(F)(F)F)c2ccccc2)\c2ccc(N)c(C(F)CCC)c2)=C\CC)C1. The zero-order valence-corrected chi connectivity index (χ0v) is 26.4. The van der Waals surface area contributed by atoms with E-state index in [9.17, 15) is 18.0 Å². The second kappa shape index (κ2) is 16.8. The summed E-state index contributed by atoms with van der Waals surface area (Å²) in [5.74, 6) is 0.400. The minimum atomic E-state index is -4.51. The Bertz CT molecular complexity index is 1420. The summed E-state index contributed by atoms with van der Waals surface area (Å²) < 4.78 is 64.1. The highest BCUT2D eigenvalue weighted by atomic mass is 19.4. The van der Waals surface area contributed by atoms with Crippen molar-refractivity contribution >= 4 is 22.7 Å². The van der Waals surface area contributed by atoms with E-state index in [2.05, 4.69) is 6.58 Å². The molecule has 1 aliphatic rings. The van der Waals surface area contributed by atoms with Crippen molar-refractivity contribution in [3.05, 3.63) is 114 Å². The van der Waals surface area contributed by atoms with Crippen molar-refractivity contribution in [1.29, 1.82) is 0 Å². The molecule has 2 N–H and O–H groups in total. The molecule has 1 aliphatic heterocycles. The Morgan fingerprint density at radius 3 is 2.49 bits per heavy atom. The molecule has 0 aromatic heterocycles. The fourth-order valence-corrected chi connectivity index (χ4v) is 5.51. The van der Waals surface area contributed by atoms with Crippen molar-refractivity contribution < 1.29 is 27.1 Å². The predicted octanol–water partition coefficient (Wildman–Crippen LogP) is 9.93. The van der Waals surface area contributed by atoms with Crippen LogP contribution in [0.5, 0.6) is 0 Å². The number of benzene rings is 2. The fraction of sp³-hybridized carbons (Fsp3) is 0.378. The van der Waals surface area contributed by atoms with Crippen LogP contribution in [-0.4, -0.2) is 36.2 Å². The first-order valence-corrected chi connectivity index (χ1v) is 15.5. The third-order valence-corrected chi connectivity index (χ3v) is 7.66. The summed E-state index contributed by atoms with van der Waals surface area (Å²) in [6.07, 6.45) is 4.18. The number of anilines is 1. The van der Waals surface area contributed by atoms with Crippen molar-refractivity contribution in [3.63, 3.8) is 0 Å². The number of likely N-dealkylation sites (tertiary alicyclic amines) is 1. The molecule has 2 aromatic rings. The van der Waals surface area contributed by atoms with E-state index in [1.165, 1.54) is 6.08 Å². The number of carbonyl (C=O) groups is 1. The second-order valence-corrected chi connectivity index (χ2v) is 11.1. The molecule has 0 spiro atoms. The summed E-state index contributed by atoms with van der Waals surface area (Å²) in [5.41, 5.74) is 8.43. The lowest BCUT2D eigenvalue weighted by Gasteiger charge is -2.32. The van der Waals surface area contributed by atoms with Crippen molar-refractivity contribution in [3.8, 4) is 0 Å². The van der Waals surface area contributed by atoms with Gasteiger partial charge in [-0.2, -0.15) is 13.2 Å². The zero-order valence-electron chi connectivity index (χ0n) is 26.4. The average Bonchev–Trinajstić information content (AvgIpc) is 3.02. The first-order chi connectivity index (χ1) is 21.5. The van der Waals surface area contributed by atoms with Gasteiger partial charge >= 0.3 is 6.18 Å². The van der Waals surface area contributed by atoms with E-state index in [0.29, 0.717) is 54.0 Å². The van der Waals surface area contributed by atoms with Crippen molar-refractivity contribution in [2.24, 2.45) is 0 Å². The summed E-state index contributed by atoms with van der Waals surface area (Å²) >= 11 is 0. The normalized spacial score (nSPS) is 17.7. The van der Waals surface area contributed by atoms with Crippen molar-refractivity contribution in [1.82, 2.24) is 4.90 Å². The topological polar surface area (TPSA) is 55.6 Å². The van der Waals surface area contributed by atoms with Crippen LogP contribution in [0.1, 0.15) is 82.2 Å². The molecule has 2 aromatic carbocycles. The molecule has 3 rings (SSSR count). The van der Waals surface area contributed by atoms with Gasteiger partial charge in [-0.05, 0) is 90.8 Å². The number of hydrogen-bond donors (Lipinski definition) is 1. The molecule has 4 nitrogen and oxygen atoms in total. The predicted molar refractivity (Wildman–Crippen MR) is 176 cm³/mol. The number of rotatable bonds is 13. The highest BCUT2D eigenvalue weighted by Crippen LogP contribution is 2.41. The van der Waals surface area contributed by atoms with Gasteiger partial charge < -0.3 is 15.4 Å². The minimum Gasteiger partial charge on any atom is -0.489 e. The Morgan fingerprint density at radius 1 is 1.13 bits per heavy atom. The van der Waals surface area contributed by atoms with Gasteiger partial charge in [0.2, 0.25) is 5.91 Å². The lowest BCUT2D eigenvalue weighted by Crippen LogP contribution is -2.42. The summed E-state index contributed by atoms with van der Waals surface area (Å²) in [6.45, 7) is 10.2. The average molecular weight is 625 g/mol. The lowest BCUT2D eigenvalue weighted by atomic mass is 9.85. The van der Waals surface area contributed by atoms with Crippen LogP contribution in [-0.2, 0) is 9.53 Å². The van der Waals surface area contributed by atoms with Gasteiger partial charge in [-0.3, -0.25) is 4.79 Å². The number of carbonyl (C=O) groups excluding carboxylic acids is 1. The molecule has 1 saturated heterocycles. The van der Waals surface area contributed by atoms with E-state index in [1.54, 1.807) is 78.6 Å². The molecule has 8 heteroatoms. The molecule has 2 atom stereocenters. The van der Waals surface area contributed by atoms with Crippen LogP contribution < -0.4 is 5.73 Å². The maximum Gasteiger partial charge on any atom is 0.393 e. The maximum absolute atomic E-state index is 15.2. The fourth-order valence-electron chi connectivity index (χ4n) is 5.51. The molecular formula is C37H44F4N2O2. The van der Waals surface area contributed by atoms with Crippen LogP contribution in [0.3, 0.4) is 0 Å². The summed E-state index contributed by atoms with van der Waals surface area (Å²) in [6, 6.07) is 13.2. The molecule has 242 valence electrons. The van der Waals surface area contributed by atoms with E-state index in [0.717, 1.165) is 12.8 Å². The van der Waals surface area contributed by atoms with E-state index in [1.807, 2.05) is 19.9 Å². The van der Waals surface area contributed by atoms with Crippen LogP contribution >= 0.6 is 0 Å². The number of allylic oxidation sites excluding steroid dienone is 7. The van der Waals surface area contributed by atoms with Crippen molar-refractivity contribution in [2.75, 3.05) is 18.8 Å². The number of piperidine rings is 1. The highest BCUT2D eigenvalue weighted by Gasteiger charge is 2.32. The van der Waals surface area contributed by atoms with Gasteiger partial charge in [0.15, 0.2) is 0 Å². The molecule has 2 unspecified atom stereocenters. The quantitative estimate of drug-likeness (QED) is 0.0603. The number of alkyl halides is 4. The van der Waals surface area contributed by atoms with Crippen LogP contribution in [0.4, 0.5) is 23.2 Å². The number of nitrogen functional groups attached to an aromatic ring is 1. The van der Waals surface area contributed by atoms with Crippen LogP contribution in [0, 0.1) is 0 Å². The Labute approximate surface area is 264 Å². The highest BCUT2D eigenvalue weighted by molar-refractivity contribution is 6.00. The Balaban J connectivity index is 2.15. The molecular weight excluding hydrogens is 580 g/mol. The molecule has 0 bridgehead atoms. The third-order valence-electron chi connectivity index (χ3n) is 7.66. The second-order valence-electron chi connectivity index (χ2n) is 11.1. The molecule has 0 aliphatic carbocycles. The van der Waals surface area contributed by atoms with Gasteiger partial charge in [0.25, 0.3) is 0 Å². The summed E-state index contributed by atoms with van der Waals surface area (Å²) in [4.78, 5) is 13.9. The molecule has 45 heavy (non-hydrogen) atoms. The molecule has 1 fully saturated rings.